The number of ether oxygens (including phenoxy) is 4. The van der Waals surface area contributed by atoms with Crippen molar-refractivity contribution in [3.63, 3.8) is 0 Å². The summed E-state index contributed by atoms with van der Waals surface area (Å²) in [6.07, 6.45) is 5.47. The van der Waals surface area contributed by atoms with E-state index in [1.54, 1.807) is 54.6 Å². The number of allylic oxidation sites excluding steroid dienone is 2. The number of carbonyl (C=O) groups excluding carboxylic acids is 1. The Hall–Kier alpha value is -5.29. The van der Waals surface area contributed by atoms with E-state index in [4.69, 9.17) is 18.9 Å². The summed E-state index contributed by atoms with van der Waals surface area (Å²) >= 11 is 0. The van der Waals surface area contributed by atoms with E-state index in [0.29, 0.717) is 51.7 Å². The van der Waals surface area contributed by atoms with Gasteiger partial charge in [-0.15, -0.1) is 0 Å². The maximum absolute atomic E-state index is 15.5. The molecule has 2 aliphatic rings. The van der Waals surface area contributed by atoms with Gasteiger partial charge in [-0.3, -0.25) is 20.0 Å². The van der Waals surface area contributed by atoms with Crippen LogP contribution in [-0.4, -0.2) is 67.3 Å². The van der Waals surface area contributed by atoms with Gasteiger partial charge in [0.2, 0.25) is 0 Å². The van der Waals surface area contributed by atoms with Crippen LogP contribution in [0.3, 0.4) is 0 Å². The highest BCUT2D eigenvalue weighted by Gasteiger charge is 2.23. The molecular weight excluding hydrogens is 583 g/mol. The quantitative estimate of drug-likeness (QED) is 0.0905. The van der Waals surface area contributed by atoms with E-state index < -0.39 is 10.7 Å². The molecule has 4 aromatic rings. The minimum Gasteiger partial charge on any atom is -0.493 e. The zero-order chi connectivity index (χ0) is 31.3. The van der Waals surface area contributed by atoms with Gasteiger partial charge in [-0.2, -0.15) is 0 Å². The number of halogens is 1. The van der Waals surface area contributed by atoms with E-state index in [-0.39, 0.29) is 17.0 Å². The Morgan fingerprint density at radius 1 is 1.04 bits per heavy atom. The largest absolute Gasteiger partial charge is 0.493 e. The van der Waals surface area contributed by atoms with Gasteiger partial charge >= 0.3 is 0 Å². The van der Waals surface area contributed by atoms with Crippen LogP contribution in [0.4, 0.5) is 21.5 Å². The van der Waals surface area contributed by atoms with Crippen LogP contribution in [0.2, 0.25) is 0 Å². The van der Waals surface area contributed by atoms with Gasteiger partial charge in [-0.05, 0) is 42.8 Å². The van der Waals surface area contributed by atoms with Gasteiger partial charge in [-0.25, -0.2) is 9.18 Å². The van der Waals surface area contributed by atoms with E-state index in [1.807, 2.05) is 0 Å². The number of non-ortho nitro benzene ring substituents is 1. The molecule has 6 rings (SSSR count). The zero-order valence-electron chi connectivity index (χ0n) is 24.4. The lowest BCUT2D eigenvalue weighted by Crippen LogP contribution is -2.37. The highest BCUT2D eigenvalue weighted by Crippen LogP contribution is 2.41. The van der Waals surface area contributed by atoms with Crippen LogP contribution in [0.15, 0.2) is 73.1 Å². The highest BCUT2D eigenvalue weighted by atomic mass is 19.1. The Bertz CT molecular complexity index is 1830. The maximum Gasteiger partial charge on any atom is 0.270 e. The van der Waals surface area contributed by atoms with Crippen LogP contribution < -0.4 is 19.1 Å². The fourth-order valence-corrected chi connectivity index (χ4v) is 5.32. The summed E-state index contributed by atoms with van der Waals surface area (Å²) in [5.74, 6) is 2.58. The van der Waals surface area contributed by atoms with Crippen molar-refractivity contribution in [1.29, 1.82) is 0 Å². The van der Waals surface area contributed by atoms with Crippen molar-refractivity contribution < 1.29 is 33.1 Å². The molecule has 0 amide bonds. The first-order valence-corrected chi connectivity index (χ1v) is 14.3. The van der Waals surface area contributed by atoms with Crippen LogP contribution in [0.5, 0.6) is 23.0 Å². The first-order valence-electron chi connectivity index (χ1n) is 14.3. The molecular formula is C33H29FN4O7. The number of nitro benzene ring substituents is 1. The number of benzene rings is 3. The molecule has 12 heteroatoms. The van der Waals surface area contributed by atoms with Gasteiger partial charge in [-0.1, -0.05) is 0 Å². The second-order valence-corrected chi connectivity index (χ2v) is 10.4. The molecule has 0 spiro atoms. The van der Waals surface area contributed by atoms with E-state index in [0.717, 1.165) is 39.3 Å². The SMILES string of the molecule is COc1cc2c(Oc3ccc(N4C=CC(=C=O)c5cc([N+](=O)[O-])ccc54)cc3F)ccnc2cc1OCCCN1CCOCC1. The monoisotopic (exact) mass is 612 g/mol. The number of nitro groups is 1. The second kappa shape index (κ2) is 13.1. The smallest absolute Gasteiger partial charge is 0.270 e. The summed E-state index contributed by atoms with van der Waals surface area (Å²) < 4.78 is 38.5. The number of anilines is 2. The van der Waals surface area contributed by atoms with E-state index in [2.05, 4.69) is 9.88 Å². The first kappa shape index (κ1) is 29.8. The summed E-state index contributed by atoms with van der Waals surface area (Å²) in [5, 5.41) is 11.9. The molecule has 0 aliphatic carbocycles. The van der Waals surface area contributed by atoms with Crippen LogP contribution in [0.1, 0.15) is 12.0 Å². The van der Waals surface area contributed by atoms with E-state index in [9.17, 15) is 14.9 Å². The Labute approximate surface area is 257 Å². The molecule has 0 unspecified atom stereocenters. The van der Waals surface area contributed by atoms with Crippen molar-refractivity contribution in [2.75, 3.05) is 51.5 Å². The molecule has 2 aliphatic heterocycles. The second-order valence-electron chi connectivity index (χ2n) is 10.4. The summed E-state index contributed by atoms with van der Waals surface area (Å²) in [4.78, 5) is 30.6. The van der Waals surface area contributed by atoms with Crippen molar-refractivity contribution >= 4 is 39.5 Å². The fraction of sp³-hybridized carbons (Fsp3) is 0.242. The summed E-state index contributed by atoms with van der Waals surface area (Å²) in [5.41, 5.74) is 1.80. The van der Waals surface area contributed by atoms with Crippen molar-refractivity contribution in [2.45, 2.75) is 6.42 Å². The van der Waals surface area contributed by atoms with E-state index >= 15 is 4.39 Å². The summed E-state index contributed by atoms with van der Waals surface area (Å²) in [7, 11) is 1.55. The lowest BCUT2D eigenvalue weighted by Gasteiger charge is -2.27. The molecule has 230 valence electrons. The van der Waals surface area contributed by atoms with Gasteiger partial charge in [0.05, 0.1) is 48.6 Å². The van der Waals surface area contributed by atoms with Crippen LogP contribution >= 0.6 is 0 Å². The Morgan fingerprint density at radius 2 is 1.89 bits per heavy atom. The number of pyridine rings is 1. The average molecular weight is 613 g/mol. The number of nitrogens with zero attached hydrogens (tertiary/aromatic N) is 4. The van der Waals surface area contributed by atoms with E-state index in [1.165, 1.54) is 36.4 Å². The fourth-order valence-electron chi connectivity index (χ4n) is 5.32. The number of morpholine rings is 1. The third-order valence-corrected chi connectivity index (χ3v) is 7.62. The number of hydrogen-bond donors (Lipinski definition) is 0. The van der Waals surface area contributed by atoms with Gasteiger partial charge < -0.3 is 23.8 Å². The molecule has 11 nitrogen and oxygen atoms in total. The van der Waals surface area contributed by atoms with Crippen molar-refractivity contribution in [3.05, 3.63) is 94.6 Å². The summed E-state index contributed by atoms with van der Waals surface area (Å²) in [6.45, 7) is 4.77. The molecule has 3 heterocycles. The Kier molecular flexibility index (Phi) is 8.70. The van der Waals surface area contributed by atoms with Gasteiger partial charge in [0.25, 0.3) is 5.69 Å². The molecule has 0 bridgehead atoms. The number of hydrogen-bond acceptors (Lipinski definition) is 10. The number of methoxy groups -OCH3 is 1. The lowest BCUT2D eigenvalue weighted by molar-refractivity contribution is -0.384. The zero-order valence-corrected chi connectivity index (χ0v) is 24.4. The van der Waals surface area contributed by atoms with Crippen LogP contribution in [0.25, 0.3) is 16.5 Å². The Balaban J connectivity index is 1.21. The standard InChI is InChI=1S/C33H29FN4O7/c1-42-32-19-26-28(20-33(32)44-14-2-10-36-12-15-43-16-13-36)35-9-7-30(26)45-31-6-4-23(18-27(31)34)37-11-8-22(21-39)25-17-24(38(40)41)3-5-29(25)37/h3-9,11,17-20H,2,10,12-16H2,1H3. The minimum absolute atomic E-state index is 0.0213. The Morgan fingerprint density at radius 3 is 2.64 bits per heavy atom. The molecule has 1 fully saturated rings. The molecule has 0 saturated carbocycles. The summed E-state index contributed by atoms with van der Waals surface area (Å²) in [6, 6.07) is 13.7. The number of aromatic nitrogens is 1. The third kappa shape index (κ3) is 6.34. The highest BCUT2D eigenvalue weighted by molar-refractivity contribution is 6.01. The van der Waals surface area contributed by atoms with Crippen molar-refractivity contribution in [2.24, 2.45) is 0 Å². The normalized spacial score (nSPS) is 14.6. The van der Waals surface area contributed by atoms with Crippen molar-refractivity contribution in [1.82, 2.24) is 9.88 Å². The molecule has 1 saturated heterocycles. The minimum atomic E-state index is -0.641. The predicted molar refractivity (Wildman–Crippen MR) is 166 cm³/mol. The topological polar surface area (TPSA) is 116 Å². The molecule has 0 N–H and O–H groups in total. The molecule has 0 radical (unpaired) electrons. The number of rotatable bonds is 10. The first-order chi connectivity index (χ1) is 21.9. The molecule has 45 heavy (non-hydrogen) atoms. The molecule has 1 aromatic heterocycles. The van der Waals surface area contributed by atoms with Crippen molar-refractivity contribution in [3.8, 4) is 23.0 Å². The van der Waals surface area contributed by atoms with Crippen LogP contribution in [0, 0.1) is 15.9 Å². The van der Waals surface area contributed by atoms with Gasteiger partial charge in [0, 0.05) is 72.9 Å². The molecule has 3 aromatic carbocycles. The van der Waals surface area contributed by atoms with Gasteiger partial charge in [0.1, 0.15) is 11.7 Å². The average Bonchev–Trinajstić information content (AvgIpc) is 3.07. The number of fused-ring (bicyclic) bond motifs is 2. The van der Waals surface area contributed by atoms with Crippen LogP contribution in [-0.2, 0) is 9.53 Å². The third-order valence-electron chi connectivity index (χ3n) is 7.62. The van der Waals surface area contributed by atoms with Gasteiger partial charge in [0.15, 0.2) is 23.1 Å². The lowest BCUT2D eigenvalue weighted by atomic mass is 10.00. The maximum atomic E-state index is 15.5. The predicted octanol–water partition coefficient (Wildman–Crippen LogP) is 6.06. The molecule has 0 atom stereocenters.